The molecule has 1 aromatic carbocycles. The van der Waals surface area contributed by atoms with Crippen LogP contribution in [0.15, 0.2) is 36.5 Å². The van der Waals surface area contributed by atoms with Gasteiger partial charge in [-0.2, -0.15) is 5.10 Å². The molecular weight excluding hydrogens is 264 g/mol. The van der Waals surface area contributed by atoms with E-state index in [9.17, 15) is 4.79 Å². The zero-order valence-corrected chi connectivity index (χ0v) is 13.3. The predicted octanol–water partition coefficient (Wildman–Crippen LogP) is 3.63. The van der Waals surface area contributed by atoms with Gasteiger partial charge < -0.3 is 4.74 Å². The summed E-state index contributed by atoms with van der Waals surface area (Å²) in [6.07, 6.45) is 1.61. The maximum Gasteiger partial charge on any atom is 0.194 e. The minimum Gasteiger partial charge on any atom is -0.493 e. The van der Waals surface area contributed by atoms with Crippen molar-refractivity contribution in [2.45, 2.75) is 39.2 Å². The van der Waals surface area contributed by atoms with Crippen LogP contribution < -0.4 is 4.74 Å². The smallest absolute Gasteiger partial charge is 0.194 e. The number of hydrogen-bond acceptors (Lipinski definition) is 3. The molecule has 0 saturated carbocycles. The molecule has 2 rings (SSSR count). The number of carbonyl (C=O) groups excluding carboxylic acids is 1. The number of ether oxygens (including phenoxy) is 1. The summed E-state index contributed by atoms with van der Waals surface area (Å²) >= 11 is 0. The Balaban J connectivity index is 2.51. The third-order valence-corrected chi connectivity index (χ3v) is 3.75. The Morgan fingerprint density at radius 2 is 1.86 bits per heavy atom. The van der Waals surface area contributed by atoms with Gasteiger partial charge >= 0.3 is 0 Å². The summed E-state index contributed by atoms with van der Waals surface area (Å²) in [5.41, 5.74) is 0.871. The highest BCUT2D eigenvalue weighted by atomic mass is 16.5. The first-order valence-corrected chi connectivity index (χ1v) is 7.11. The molecule has 4 nitrogen and oxygen atoms in total. The van der Waals surface area contributed by atoms with E-state index in [1.54, 1.807) is 18.0 Å². The van der Waals surface area contributed by atoms with Gasteiger partial charge in [0, 0.05) is 6.04 Å². The zero-order valence-electron chi connectivity index (χ0n) is 13.3. The molecule has 21 heavy (non-hydrogen) atoms. The molecule has 0 amide bonds. The van der Waals surface area contributed by atoms with Crippen LogP contribution in [0.3, 0.4) is 0 Å². The van der Waals surface area contributed by atoms with Crippen LogP contribution in [0.1, 0.15) is 49.8 Å². The Morgan fingerprint density at radius 3 is 2.38 bits per heavy atom. The van der Waals surface area contributed by atoms with E-state index in [-0.39, 0.29) is 11.8 Å². The van der Waals surface area contributed by atoms with Crippen molar-refractivity contribution in [2.24, 2.45) is 0 Å². The monoisotopic (exact) mass is 286 g/mol. The van der Waals surface area contributed by atoms with E-state index in [0.29, 0.717) is 11.4 Å². The van der Waals surface area contributed by atoms with E-state index in [2.05, 4.69) is 5.10 Å². The molecule has 1 aromatic heterocycles. The number of ketones is 1. The molecule has 0 spiro atoms. The Bertz CT molecular complexity index is 627. The van der Waals surface area contributed by atoms with Crippen molar-refractivity contribution in [3.8, 4) is 5.75 Å². The van der Waals surface area contributed by atoms with Gasteiger partial charge in [0.25, 0.3) is 0 Å². The first-order chi connectivity index (χ1) is 9.89. The summed E-state index contributed by atoms with van der Waals surface area (Å²) in [7, 11) is 1.56. The van der Waals surface area contributed by atoms with Crippen molar-refractivity contribution < 1.29 is 9.53 Å². The van der Waals surface area contributed by atoms with Crippen molar-refractivity contribution >= 4 is 5.78 Å². The van der Waals surface area contributed by atoms with E-state index in [1.165, 1.54) is 0 Å². The van der Waals surface area contributed by atoms with E-state index in [0.717, 1.165) is 5.56 Å². The maximum atomic E-state index is 13.1. The highest BCUT2D eigenvalue weighted by Gasteiger charge is 2.35. The molecule has 0 fully saturated rings. The molecule has 0 N–H and O–H groups in total. The normalized spacial score (nSPS) is 11.7. The summed E-state index contributed by atoms with van der Waals surface area (Å²) in [5.74, 6) is 0.537. The maximum absolute atomic E-state index is 13.1. The second kappa shape index (κ2) is 5.72. The van der Waals surface area contributed by atoms with Crippen LogP contribution in [0, 0.1) is 0 Å². The van der Waals surface area contributed by atoms with Gasteiger partial charge in [0.2, 0.25) is 0 Å². The number of Topliss-reactive ketones (excluding diaryl/α,β-unsaturated/α-hetero) is 1. The van der Waals surface area contributed by atoms with Crippen molar-refractivity contribution in [1.29, 1.82) is 0 Å². The molecule has 0 unspecified atom stereocenters. The lowest BCUT2D eigenvalue weighted by Gasteiger charge is -2.25. The quantitative estimate of drug-likeness (QED) is 0.788. The number of hydrogen-bond donors (Lipinski definition) is 0. The summed E-state index contributed by atoms with van der Waals surface area (Å²) in [6, 6.07) is 9.88. The van der Waals surface area contributed by atoms with E-state index in [1.807, 2.05) is 58.0 Å². The van der Waals surface area contributed by atoms with Gasteiger partial charge in [-0.25, -0.2) is 0 Å². The average Bonchev–Trinajstić information content (AvgIpc) is 2.91. The lowest BCUT2D eigenvalue weighted by molar-refractivity contribution is 0.0892. The topological polar surface area (TPSA) is 44.1 Å². The van der Waals surface area contributed by atoms with E-state index < -0.39 is 5.41 Å². The Morgan fingerprint density at radius 1 is 1.24 bits per heavy atom. The molecule has 1 heterocycles. The highest BCUT2D eigenvalue weighted by Crippen LogP contribution is 2.32. The Kier molecular flexibility index (Phi) is 4.16. The van der Waals surface area contributed by atoms with E-state index in [4.69, 9.17) is 4.74 Å². The van der Waals surface area contributed by atoms with Crippen LogP contribution >= 0.6 is 0 Å². The summed E-state index contributed by atoms with van der Waals surface area (Å²) < 4.78 is 7.05. The Hall–Kier alpha value is -2.10. The van der Waals surface area contributed by atoms with Crippen LogP contribution in [-0.4, -0.2) is 22.7 Å². The molecular formula is C17H22N2O2. The molecule has 4 heteroatoms. The van der Waals surface area contributed by atoms with Gasteiger partial charge in [0.1, 0.15) is 5.69 Å². The van der Waals surface area contributed by atoms with Crippen LogP contribution in [0.25, 0.3) is 0 Å². The number of rotatable bonds is 5. The van der Waals surface area contributed by atoms with Crippen molar-refractivity contribution in [1.82, 2.24) is 9.78 Å². The van der Waals surface area contributed by atoms with Crippen molar-refractivity contribution in [3.05, 3.63) is 47.8 Å². The number of carbonyl (C=O) groups is 1. The summed E-state index contributed by atoms with van der Waals surface area (Å²) in [5, 5.41) is 4.29. The molecule has 0 aliphatic rings. The van der Waals surface area contributed by atoms with Crippen LogP contribution in [0.2, 0.25) is 0 Å². The fraction of sp³-hybridized carbons (Fsp3) is 0.412. The van der Waals surface area contributed by atoms with Gasteiger partial charge in [-0.05, 0) is 33.3 Å². The molecule has 0 aliphatic carbocycles. The van der Waals surface area contributed by atoms with Crippen molar-refractivity contribution in [2.75, 3.05) is 7.11 Å². The third-order valence-electron chi connectivity index (χ3n) is 3.75. The highest BCUT2D eigenvalue weighted by molar-refractivity contribution is 6.04. The molecule has 112 valence electrons. The van der Waals surface area contributed by atoms with Gasteiger partial charge in [-0.15, -0.1) is 0 Å². The average molecular weight is 286 g/mol. The molecule has 0 saturated heterocycles. The van der Waals surface area contributed by atoms with Crippen LogP contribution in [-0.2, 0) is 5.41 Å². The van der Waals surface area contributed by atoms with Crippen molar-refractivity contribution in [3.63, 3.8) is 0 Å². The number of aromatic nitrogens is 2. The number of nitrogens with zero attached hydrogens (tertiary/aromatic N) is 2. The minimum atomic E-state index is -0.638. The van der Waals surface area contributed by atoms with Gasteiger partial charge in [0.15, 0.2) is 11.5 Å². The standard InChI is InChI=1S/C17H22N2O2/c1-12(2)19-15(14(21-5)11-18-19)16(20)17(3,4)13-9-7-6-8-10-13/h6-12H,1-5H3. The second-order valence-corrected chi connectivity index (χ2v) is 5.92. The van der Waals surface area contributed by atoms with Gasteiger partial charge in [-0.3, -0.25) is 9.48 Å². The van der Waals surface area contributed by atoms with Crippen LogP contribution in [0.5, 0.6) is 5.75 Å². The molecule has 2 aromatic rings. The minimum absolute atomic E-state index is 0.0109. The second-order valence-electron chi connectivity index (χ2n) is 5.92. The van der Waals surface area contributed by atoms with Crippen LogP contribution in [0.4, 0.5) is 0 Å². The molecule has 0 aliphatic heterocycles. The molecule has 0 bridgehead atoms. The lowest BCUT2D eigenvalue weighted by Crippen LogP contribution is -2.31. The predicted molar refractivity (Wildman–Crippen MR) is 83.0 cm³/mol. The summed E-state index contributed by atoms with van der Waals surface area (Å²) in [4.78, 5) is 13.1. The fourth-order valence-electron chi connectivity index (χ4n) is 2.39. The first-order valence-electron chi connectivity index (χ1n) is 7.11. The van der Waals surface area contributed by atoms with Gasteiger partial charge in [0.05, 0.1) is 18.7 Å². The molecule has 0 radical (unpaired) electrons. The Labute approximate surface area is 125 Å². The fourth-order valence-corrected chi connectivity index (χ4v) is 2.39. The zero-order chi connectivity index (χ0) is 15.6. The third kappa shape index (κ3) is 2.71. The first kappa shape index (κ1) is 15.3. The SMILES string of the molecule is COc1cnn(C(C)C)c1C(=O)C(C)(C)c1ccccc1. The number of methoxy groups -OCH3 is 1. The van der Waals surface area contributed by atoms with E-state index >= 15 is 0 Å². The van der Waals surface area contributed by atoms with Gasteiger partial charge in [-0.1, -0.05) is 30.3 Å². The largest absolute Gasteiger partial charge is 0.493 e. The molecule has 0 atom stereocenters. The number of benzene rings is 1. The lowest BCUT2D eigenvalue weighted by atomic mass is 9.79. The summed E-state index contributed by atoms with van der Waals surface area (Å²) in [6.45, 7) is 7.86.